The molecule has 0 bridgehead atoms. The van der Waals surface area contributed by atoms with E-state index in [9.17, 15) is 9.59 Å². The Bertz CT molecular complexity index is 1080. The fraction of sp³-hybridized carbons (Fsp3) is 0.238. The van der Waals surface area contributed by atoms with Crippen molar-refractivity contribution in [3.63, 3.8) is 0 Å². The Morgan fingerprint density at radius 3 is 2.80 bits per heavy atom. The summed E-state index contributed by atoms with van der Waals surface area (Å²) in [4.78, 5) is 30.2. The van der Waals surface area contributed by atoms with Gasteiger partial charge in [-0.05, 0) is 42.8 Å². The van der Waals surface area contributed by atoms with E-state index in [1.54, 1.807) is 47.4 Å². The number of anilines is 1. The predicted octanol–water partition coefficient (Wildman–Crippen LogP) is 2.99. The average molecular weight is 427 g/mol. The number of hydrogen-bond donors (Lipinski definition) is 1. The van der Waals surface area contributed by atoms with Crippen LogP contribution in [0.15, 0.2) is 47.0 Å². The molecule has 30 heavy (non-hydrogen) atoms. The van der Waals surface area contributed by atoms with Crippen molar-refractivity contribution in [1.82, 2.24) is 15.5 Å². The van der Waals surface area contributed by atoms with Crippen LogP contribution in [0.25, 0.3) is 11.4 Å². The minimum Gasteiger partial charge on any atom is -0.482 e. The third kappa shape index (κ3) is 4.28. The van der Waals surface area contributed by atoms with Crippen LogP contribution in [-0.4, -0.2) is 35.1 Å². The topological polar surface area (TPSA) is 97.6 Å². The van der Waals surface area contributed by atoms with Crippen LogP contribution in [0, 0.1) is 0 Å². The summed E-state index contributed by atoms with van der Waals surface area (Å²) < 4.78 is 10.7. The quantitative estimate of drug-likeness (QED) is 0.650. The summed E-state index contributed by atoms with van der Waals surface area (Å²) in [5.41, 5.74) is 2.22. The molecule has 0 unspecified atom stereocenters. The second-order valence-corrected chi connectivity index (χ2v) is 7.14. The van der Waals surface area contributed by atoms with Gasteiger partial charge in [0.05, 0.1) is 18.7 Å². The third-order valence-corrected chi connectivity index (χ3v) is 4.91. The van der Waals surface area contributed by atoms with Crippen molar-refractivity contribution in [2.45, 2.75) is 19.9 Å². The summed E-state index contributed by atoms with van der Waals surface area (Å²) in [7, 11) is 0. The zero-order valence-electron chi connectivity index (χ0n) is 16.2. The van der Waals surface area contributed by atoms with Crippen LogP contribution in [0.1, 0.15) is 18.4 Å². The normalized spacial score (nSPS) is 13.0. The lowest BCUT2D eigenvalue weighted by atomic mass is 10.1. The fourth-order valence-electron chi connectivity index (χ4n) is 3.16. The molecule has 0 spiro atoms. The summed E-state index contributed by atoms with van der Waals surface area (Å²) in [6, 6.07) is 12.5. The lowest BCUT2D eigenvalue weighted by molar-refractivity contribution is -0.121. The summed E-state index contributed by atoms with van der Waals surface area (Å²) in [6.45, 7) is 2.59. The van der Waals surface area contributed by atoms with E-state index in [0.717, 1.165) is 5.56 Å². The number of nitrogens with zero attached hydrogens (tertiary/aromatic N) is 3. The molecule has 4 rings (SSSR count). The van der Waals surface area contributed by atoms with Crippen LogP contribution >= 0.6 is 11.6 Å². The molecule has 0 aliphatic carbocycles. The van der Waals surface area contributed by atoms with Gasteiger partial charge in [-0.2, -0.15) is 4.98 Å². The first-order chi connectivity index (χ1) is 14.5. The largest absolute Gasteiger partial charge is 0.482 e. The van der Waals surface area contributed by atoms with Crippen molar-refractivity contribution in [2.24, 2.45) is 0 Å². The molecule has 0 saturated carbocycles. The number of fused-ring (bicyclic) bond motifs is 1. The SMILES string of the molecule is CCN1C(=O)COc2ccc(-c3noc(CNC(=O)Cc4ccc(Cl)cc4)n3)cc21. The molecule has 9 heteroatoms. The van der Waals surface area contributed by atoms with Gasteiger partial charge in [0.15, 0.2) is 6.61 Å². The molecule has 0 atom stereocenters. The lowest BCUT2D eigenvalue weighted by Crippen LogP contribution is -2.38. The van der Waals surface area contributed by atoms with Gasteiger partial charge in [0.2, 0.25) is 17.6 Å². The van der Waals surface area contributed by atoms with Crippen LogP contribution in [0.5, 0.6) is 5.75 Å². The molecule has 154 valence electrons. The number of aromatic nitrogens is 2. The molecule has 0 saturated heterocycles. The molecule has 1 aliphatic rings. The molecule has 2 aromatic carbocycles. The predicted molar refractivity (Wildman–Crippen MR) is 110 cm³/mol. The molecule has 0 fully saturated rings. The number of hydrogen-bond acceptors (Lipinski definition) is 6. The molecule has 1 aliphatic heterocycles. The van der Waals surface area contributed by atoms with E-state index in [2.05, 4.69) is 15.5 Å². The second-order valence-electron chi connectivity index (χ2n) is 6.70. The summed E-state index contributed by atoms with van der Waals surface area (Å²) in [5.74, 6) is 1.03. The average Bonchev–Trinajstić information content (AvgIpc) is 3.22. The highest BCUT2D eigenvalue weighted by molar-refractivity contribution is 6.30. The van der Waals surface area contributed by atoms with Gasteiger partial charge < -0.3 is 19.5 Å². The van der Waals surface area contributed by atoms with Crippen molar-refractivity contribution in [3.05, 3.63) is 58.9 Å². The summed E-state index contributed by atoms with van der Waals surface area (Å²) in [5, 5.41) is 7.36. The number of ether oxygens (including phenoxy) is 1. The first-order valence-corrected chi connectivity index (χ1v) is 9.82. The standard InChI is InChI=1S/C21H19ClN4O4/c1-2-26-16-10-14(5-8-17(16)29-12-20(26)28)21-24-19(30-25-21)11-23-18(27)9-13-3-6-15(22)7-4-13/h3-8,10H,2,9,11-12H2,1H3,(H,23,27). The molecular formula is C21H19ClN4O4. The number of amides is 2. The van der Waals surface area contributed by atoms with Crippen molar-refractivity contribution < 1.29 is 18.8 Å². The van der Waals surface area contributed by atoms with E-state index in [4.69, 9.17) is 20.9 Å². The molecule has 2 amide bonds. The Hall–Kier alpha value is -3.39. The molecule has 8 nitrogen and oxygen atoms in total. The van der Waals surface area contributed by atoms with Crippen LogP contribution in [0.4, 0.5) is 5.69 Å². The van der Waals surface area contributed by atoms with Crippen molar-refractivity contribution >= 4 is 29.1 Å². The number of benzene rings is 2. The number of rotatable bonds is 6. The Labute approximate surface area is 177 Å². The number of halogens is 1. The Kier molecular flexibility index (Phi) is 5.67. The summed E-state index contributed by atoms with van der Waals surface area (Å²) >= 11 is 5.85. The maximum Gasteiger partial charge on any atom is 0.265 e. The van der Waals surface area contributed by atoms with E-state index in [-0.39, 0.29) is 37.3 Å². The Morgan fingerprint density at radius 1 is 1.23 bits per heavy atom. The van der Waals surface area contributed by atoms with Crippen molar-refractivity contribution in [1.29, 1.82) is 0 Å². The fourth-order valence-corrected chi connectivity index (χ4v) is 3.28. The highest BCUT2D eigenvalue weighted by Crippen LogP contribution is 2.35. The second kappa shape index (κ2) is 8.54. The van der Waals surface area contributed by atoms with Gasteiger partial charge in [-0.15, -0.1) is 0 Å². The number of carbonyl (C=O) groups excluding carboxylic acids is 2. The van der Waals surface area contributed by atoms with E-state index in [1.807, 2.05) is 6.92 Å². The van der Waals surface area contributed by atoms with Crippen LogP contribution in [0.3, 0.4) is 0 Å². The van der Waals surface area contributed by atoms with Crippen molar-refractivity contribution in [3.8, 4) is 17.1 Å². The molecule has 1 N–H and O–H groups in total. The lowest BCUT2D eigenvalue weighted by Gasteiger charge is -2.28. The molecular weight excluding hydrogens is 408 g/mol. The van der Waals surface area contributed by atoms with Crippen LogP contribution < -0.4 is 15.0 Å². The first kappa shape index (κ1) is 19.9. The maximum atomic E-state index is 12.1. The van der Waals surface area contributed by atoms with Gasteiger partial charge >= 0.3 is 0 Å². The zero-order valence-corrected chi connectivity index (χ0v) is 17.0. The Balaban J connectivity index is 1.42. The maximum absolute atomic E-state index is 12.1. The minimum atomic E-state index is -0.167. The van der Waals surface area contributed by atoms with E-state index in [0.29, 0.717) is 34.4 Å². The third-order valence-electron chi connectivity index (χ3n) is 4.66. The van der Waals surface area contributed by atoms with Crippen LogP contribution in [0.2, 0.25) is 5.02 Å². The van der Waals surface area contributed by atoms with Gasteiger partial charge in [-0.25, -0.2) is 0 Å². The first-order valence-electron chi connectivity index (χ1n) is 9.45. The zero-order chi connectivity index (χ0) is 21.1. The van der Waals surface area contributed by atoms with Crippen molar-refractivity contribution in [2.75, 3.05) is 18.1 Å². The van der Waals surface area contributed by atoms with E-state index < -0.39 is 0 Å². The minimum absolute atomic E-state index is 0.0300. The van der Waals surface area contributed by atoms with Gasteiger partial charge in [0.1, 0.15) is 5.75 Å². The molecule has 2 heterocycles. The monoisotopic (exact) mass is 426 g/mol. The highest BCUT2D eigenvalue weighted by atomic mass is 35.5. The van der Waals surface area contributed by atoms with Gasteiger partial charge in [-0.1, -0.05) is 28.9 Å². The highest BCUT2D eigenvalue weighted by Gasteiger charge is 2.25. The van der Waals surface area contributed by atoms with Crippen LogP contribution in [-0.2, 0) is 22.6 Å². The van der Waals surface area contributed by atoms with E-state index in [1.165, 1.54) is 0 Å². The molecule has 0 radical (unpaired) electrons. The van der Waals surface area contributed by atoms with E-state index >= 15 is 0 Å². The summed E-state index contributed by atoms with van der Waals surface area (Å²) in [6.07, 6.45) is 0.226. The molecule has 1 aromatic heterocycles. The number of nitrogens with one attached hydrogen (secondary N) is 1. The smallest absolute Gasteiger partial charge is 0.265 e. The van der Waals surface area contributed by atoms with Gasteiger partial charge in [0.25, 0.3) is 5.91 Å². The Morgan fingerprint density at radius 2 is 2.03 bits per heavy atom. The number of carbonyl (C=O) groups is 2. The van der Waals surface area contributed by atoms with Gasteiger partial charge in [-0.3, -0.25) is 9.59 Å². The molecule has 3 aromatic rings. The van der Waals surface area contributed by atoms with Gasteiger partial charge in [0, 0.05) is 17.1 Å². The number of likely N-dealkylation sites (N-methyl/N-ethyl adjacent to an activating group) is 1.